The quantitative estimate of drug-likeness (QED) is 0.249. The summed E-state index contributed by atoms with van der Waals surface area (Å²) in [5.41, 5.74) is 5.50. The monoisotopic (exact) mass is 331 g/mol. The van der Waals surface area contributed by atoms with Gasteiger partial charge in [-0.15, -0.1) is 0 Å². The van der Waals surface area contributed by atoms with E-state index in [1.165, 1.54) is 44.2 Å². The smallest absolute Gasteiger partial charge is 0.282 e. The number of unbranched alkanes of at least 4 members (excludes halogenated alkanes) is 4. The largest absolute Gasteiger partial charge is 0.330 e. The molecule has 4 nitrogen and oxygen atoms in total. The molecule has 0 atom stereocenters. The lowest BCUT2D eigenvalue weighted by atomic mass is 10.1. The minimum absolute atomic E-state index is 0.615. The van der Waals surface area contributed by atoms with Gasteiger partial charge >= 0.3 is 0 Å². The Balaban J connectivity index is 3.70. The van der Waals surface area contributed by atoms with E-state index in [1.54, 1.807) is 0 Å². The van der Waals surface area contributed by atoms with Crippen molar-refractivity contribution in [2.24, 2.45) is 5.73 Å². The molecule has 0 aromatic rings. The third kappa shape index (κ3) is 11.6. The van der Waals surface area contributed by atoms with Crippen LogP contribution in [0.5, 0.6) is 0 Å². The fourth-order valence-corrected chi connectivity index (χ4v) is 3.68. The van der Waals surface area contributed by atoms with Crippen molar-refractivity contribution in [3.63, 3.8) is 0 Å². The SMILES string of the molecule is CCOC(CCCCCCC[Si]CCCN)(OCC)OCC. The van der Waals surface area contributed by atoms with E-state index in [1.807, 2.05) is 20.8 Å². The highest BCUT2D eigenvalue weighted by atomic mass is 28.2. The van der Waals surface area contributed by atoms with Crippen molar-refractivity contribution >= 4 is 9.52 Å². The van der Waals surface area contributed by atoms with Crippen molar-refractivity contribution in [2.75, 3.05) is 26.4 Å². The topological polar surface area (TPSA) is 53.7 Å². The van der Waals surface area contributed by atoms with E-state index in [2.05, 4.69) is 0 Å². The highest BCUT2D eigenvalue weighted by Gasteiger charge is 2.31. The minimum Gasteiger partial charge on any atom is -0.330 e. The molecule has 0 saturated heterocycles. The van der Waals surface area contributed by atoms with Crippen LogP contribution in [0.4, 0.5) is 0 Å². The van der Waals surface area contributed by atoms with Gasteiger partial charge in [-0.3, -0.25) is 0 Å². The first-order valence-electron chi connectivity index (χ1n) is 9.07. The third-order valence-electron chi connectivity index (χ3n) is 3.49. The summed E-state index contributed by atoms with van der Waals surface area (Å²) >= 11 is 0. The van der Waals surface area contributed by atoms with Gasteiger partial charge in [0.15, 0.2) is 0 Å². The van der Waals surface area contributed by atoms with Gasteiger partial charge in [-0.2, -0.15) is 0 Å². The molecule has 5 heteroatoms. The molecule has 0 rings (SSSR count). The summed E-state index contributed by atoms with van der Waals surface area (Å²) < 4.78 is 17.2. The van der Waals surface area contributed by atoms with Gasteiger partial charge in [0.1, 0.15) is 0 Å². The molecule has 0 unspecified atom stereocenters. The predicted octanol–water partition coefficient (Wildman–Crippen LogP) is 3.98. The highest BCUT2D eigenvalue weighted by molar-refractivity contribution is 6.35. The zero-order valence-electron chi connectivity index (χ0n) is 15.0. The molecule has 0 aliphatic carbocycles. The van der Waals surface area contributed by atoms with Crippen LogP contribution in [0.15, 0.2) is 0 Å². The molecule has 0 amide bonds. The summed E-state index contributed by atoms with van der Waals surface area (Å²) in [6.07, 6.45) is 8.31. The molecule has 0 fully saturated rings. The Kier molecular flexibility index (Phi) is 16.0. The number of nitrogens with two attached hydrogens (primary N) is 1. The first-order valence-corrected chi connectivity index (χ1v) is 10.5. The van der Waals surface area contributed by atoms with Gasteiger partial charge in [-0.05, 0) is 40.2 Å². The second-order valence-electron chi connectivity index (χ2n) is 5.39. The molecule has 0 aromatic carbocycles. The number of rotatable bonds is 17. The van der Waals surface area contributed by atoms with Crippen LogP contribution < -0.4 is 5.73 Å². The van der Waals surface area contributed by atoms with Gasteiger partial charge in [0.2, 0.25) is 0 Å². The summed E-state index contributed by atoms with van der Waals surface area (Å²) in [4.78, 5) is 0. The fourth-order valence-electron chi connectivity index (χ4n) is 2.48. The number of hydrogen-bond acceptors (Lipinski definition) is 4. The number of ether oxygens (including phenoxy) is 3. The zero-order chi connectivity index (χ0) is 16.5. The van der Waals surface area contributed by atoms with Crippen molar-refractivity contribution in [1.82, 2.24) is 0 Å². The lowest BCUT2D eigenvalue weighted by Gasteiger charge is -2.32. The Hall–Kier alpha value is 0.0569. The molecule has 0 bridgehead atoms. The van der Waals surface area contributed by atoms with E-state index < -0.39 is 5.97 Å². The van der Waals surface area contributed by atoms with Crippen LogP contribution in [0.3, 0.4) is 0 Å². The van der Waals surface area contributed by atoms with Crippen LogP contribution in [0, 0.1) is 0 Å². The molecule has 0 aliphatic heterocycles. The molecule has 0 saturated carbocycles. The predicted molar refractivity (Wildman–Crippen MR) is 94.4 cm³/mol. The molecule has 0 heterocycles. The maximum absolute atomic E-state index is 5.74. The lowest BCUT2D eigenvalue weighted by Crippen LogP contribution is -2.39. The zero-order valence-corrected chi connectivity index (χ0v) is 16.0. The van der Waals surface area contributed by atoms with Crippen molar-refractivity contribution in [3.8, 4) is 0 Å². The van der Waals surface area contributed by atoms with Crippen molar-refractivity contribution in [3.05, 3.63) is 0 Å². The van der Waals surface area contributed by atoms with Gasteiger partial charge in [0, 0.05) is 35.8 Å². The second kappa shape index (κ2) is 15.9. The Morgan fingerprint density at radius 2 is 1.23 bits per heavy atom. The van der Waals surface area contributed by atoms with E-state index in [4.69, 9.17) is 19.9 Å². The van der Waals surface area contributed by atoms with Crippen LogP contribution in [0.1, 0.15) is 65.7 Å². The normalized spacial score (nSPS) is 12.0. The summed E-state index contributed by atoms with van der Waals surface area (Å²) in [5.74, 6) is -0.818. The summed E-state index contributed by atoms with van der Waals surface area (Å²) in [5, 5.41) is 0. The van der Waals surface area contributed by atoms with E-state index in [0.717, 1.165) is 28.9 Å². The molecular formula is C17H37NO3Si. The van der Waals surface area contributed by atoms with Crippen molar-refractivity contribution in [1.29, 1.82) is 0 Å². The van der Waals surface area contributed by atoms with Crippen molar-refractivity contribution < 1.29 is 14.2 Å². The van der Waals surface area contributed by atoms with E-state index >= 15 is 0 Å². The maximum atomic E-state index is 5.74. The van der Waals surface area contributed by atoms with Gasteiger partial charge in [-0.25, -0.2) is 0 Å². The highest BCUT2D eigenvalue weighted by Crippen LogP contribution is 2.24. The first kappa shape index (κ1) is 22.1. The van der Waals surface area contributed by atoms with E-state index in [0.29, 0.717) is 19.8 Å². The average molecular weight is 332 g/mol. The Bertz CT molecular complexity index is 213. The lowest BCUT2D eigenvalue weighted by molar-refractivity contribution is -0.380. The van der Waals surface area contributed by atoms with E-state index in [9.17, 15) is 0 Å². The van der Waals surface area contributed by atoms with Crippen LogP contribution in [0.25, 0.3) is 0 Å². The molecule has 22 heavy (non-hydrogen) atoms. The molecular weight excluding hydrogens is 294 g/mol. The van der Waals surface area contributed by atoms with Crippen LogP contribution >= 0.6 is 0 Å². The summed E-state index contributed by atoms with van der Waals surface area (Å²) in [6, 6.07) is 2.69. The molecule has 2 N–H and O–H groups in total. The first-order chi connectivity index (χ1) is 10.7. The van der Waals surface area contributed by atoms with Gasteiger partial charge in [0.05, 0.1) is 0 Å². The summed E-state index contributed by atoms with van der Waals surface area (Å²) in [7, 11) is 1.10. The Labute approximate surface area is 140 Å². The molecule has 2 radical (unpaired) electrons. The van der Waals surface area contributed by atoms with Gasteiger partial charge in [-0.1, -0.05) is 37.8 Å². The number of hydrogen-bond donors (Lipinski definition) is 1. The van der Waals surface area contributed by atoms with E-state index in [-0.39, 0.29) is 0 Å². The van der Waals surface area contributed by atoms with Crippen LogP contribution in [0.2, 0.25) is 12.1 Å². The van der Waals surface area contributed by atoms with Crippen molar-refractivity contribution in [2.45, 2.75) is 83.8 Å². The Morgan fingerprint density at radius 1 is 0.727 bits per heavy atom. The molecule has 132 valence electrons. The summed E-state index contributed by atoms with van der Waals surface area (Å²) in [6.45, 7) is 8.64. The van der Waals surface area contributed by atoms with Gasteiger partial charge in [0.25, 0.3) is 5.97 Å². The van der Waals surface area contributed by atoms with Crippen LogP contribution in [-0.2, 0) is 14.2 Å². The standard InChI is InChI=1S/C17H37NO3Si/c1-4-19-17(20-5-2,21-6-3)13-10-8-7-9-11-15-22-16-12-14-18/h4-16,18H2,1-3H3. The second-order valence-corrected chi connectivity index (χ2v) is 6.89. The maximum Gasteiger partial charge on any atom is 0.282 e. The third-order valence-corrected chi connectivity index (χ3v) is 4.90. The average Bonchev–Trinajstić information content (AvgIpc) is 2.50. The Morgan fingerprint density at radius 3 is 1.77 bits per heavy atom. The van der Waals surface area contributed by atoms with Gasteiger partial charge < -0.3 is 19.9 Å². The molecule has 0 spiro atoms. The molecule has 0 aromatic heterocycles. The van der Waals surface area contributed by atoms with Crippen LogP contribution in [-0.4, -0.2) is 41.9 Å². The molecule has 0 aliphatic rings. The fraction of sp³-hybridized carbons (Fsp3) is 1.00. The minimum atomic E-state index is -0.818.